The average Bonchev–Trinajstić information content (AvgIpc) is 3.15. The van der Waals surface area contributed by atoms with Gasteiger partial charge in [-0.25, -0.2) is 0 Å². The Labute approximate surface area is 196 Å². The first-order valence-electron chi connectivity index (χ1n) is 10.7. The summed E-state index contributed by atoms with van der Waals surface area (Å²) >= 11 is 3.74. The highest BCUT2D eigenvalue weighted by molar-refractivity contribution is 8.03. The van der Waals surface area contributed by atoms with Crippen molar-refractivity contribution in [1.82, 2.24) is 0 Å². The van der Waals surface area contributed by atoms with Gasteiger partial charge in [-0.05, 0) is 61.9 Å². The Morgan fingerprint density at radius 1 is 0.968 bits per heavy atom. The number of allylic oxidation sites excluding steroid dienone is 9. The van der Waals surface area contributed by atoms with Crippen LogP contribution in [0.3, 0.4) is 0 Å². The molecule has 0 radical (unpaired) electrons. The zero-order chi connectivity index (χ0) is 22.1. The number of likely N-dealkylation sites (N-methyl/N-ethyl adjacent to an activating group) is 1. The highest BCUT2D eigenvalue weighted by Gasteiger charge is 2.26. The van der Waals surface area contributed by atoms with E-state index in [4.69, 9.17) is 0 Å². The summed E-state index contributed by atoms with van der Waals surface area (Å²) in [5.74, 6) is 0. The maximum atomic E-state index is 2.44. The number of fused-ring (bicyclic) bond motifs is 1. The molecule has 2 aromatic carbocycles. The van der Waals surface area contributed by atoms with Crippen molar-refractivity contribution in [2.45, 2.75) is 42.9 Å². The first kappa shape index (κ1) is 23.3. The summed E-state index contributed by atoms with van der Waals surface area (Å²) < 4.78 is 0. The summed E-state index contributed by atoms with van der Waals surface area (Å²) in [5.41, 5.74) is 3.97. The molecule has 0 N–H and O–H groups in total. The van der Waals surface area contributed by atoms with Crippen LogP contribution in [0.5, 0.6) is 0 Å². The lowest BCUT2D eigenvalue weighted by atomic mass is 10.1. The van der Waals surface area contributed by atoms with E-state index >= 15 is 0 Å². The number of para-hydroxylation sites is 1. The number of rotatable bonds is 8. The van der Waals surface area contributed by atoms with Gasteiger partial charge in [-0.3, -0.25) is 0 Å². The summed E-state index contributed by atoms with van der Waals surface area (Å²) in [6.07, 6.45) is 17.2. The lowest BCUT2D eigenvalue weighted by Gasteiger charge is -2.22. The molecule has 1 atom stereocenters. The zero-order valence-electron chi connectivity index (χ0n) is 18.8. The molecule has 0 aliphatic carbocycles. The van der Waals surface area contributed by atoms with Crippen molar-refractivity contribution in [3.05, 3.63) is 108 Å². The van der Waals surface area contributed by atoms with Crippen molar-refractivity contribution in [2.24, 2.45) is 0 Å². The summed E-state index contributed by atoms with van der Waals surface area (Å²) in [5, 5.41) is 0.371. The van der Waals surface area contributed by atoms with Crippen molar-refractivity contribution in [3.63, 3.8) is 0 Å². The summed E-state index contributed by atoms with van der Waals surface area (Å²) in [6.45, 7) is 9.65. The largest absolute Gasteiger partial charge is 0.355 e. The van der Waals surface area contributed by atoms with Crippen LogP contribution in [-0.2, 0) is 0 Å². The van der Waals surface area contributed by atoms with Gasteiger partial charge in [0.25, 0.3) is 0 Å². The molecule has 0 amide bonds. The molecule has 0 saturated carbocycles. The highest BCUT2D eigenvalue weighted by Crippen LogP contribution is 2.43. The van der Waals surface area contributed by atoms with E-state index in [1.54, 1.807) is 0 Å². The van der Waals surface area contributed by atoms with Crippen LogP contribution in [0, 0.1) is 0 Å². The maximum Gasteiger partial charge on any atom is 0.0985 e. The third-order valence-electron chi connectivity index (χ3n) is 5.14. The number of hydrogen-bond donors (Lipinski definition) is 0. The standard InChI is InChI=1S/C28H31NS2/c1-5-22(3)24-17-12-14-19-26(24)30-23(4)16-10-8-7-9-11-21-28-29(6-2)25-18-13-15-20-27(25)31-28/h5,7-21,28H,6H2,1-4H3/b9-7+,10-8+,21-11+,22-5-,23-16-. The van der Waals surface area contributed by atoms with Gasteiger partial charge in [0.05, 0.1) is 11.1 Å². The van der Waals surface area contributed by atoms with E-state index in [0.717, 1.165) is 6.54 Å². The molecule has 1 nitrogen and oxygen atoms in total. The van der Waals surface area contributed by atoms with E-state index in [2.05, 4.69) is 130 Å². The normalized spacial score (nSPS) is 17.4. The van der Waals surface area contributed by atoms with Gasteiger partial charge in [-0.2, -0.15) is 0 Å². The molecule has 3 rings (SSSR count). The molecule has 0 fully saturated rings. The quantitative estimate of drug-likeness (QED) is 0.295. The molecule has 1 aliphatic heterocycles. The van der Waals surface area contributed by atoms with Crippen molar-refractivity contribution in [1.29, 1.82) is 0 Å². The minimum atomic E-state index is 0.371. The van der Waals surface area contributed by atoms with Gasteiger partial charge in [-0.15, -0.1) is 0 Å². The van der Waals surface area contributed by atoms with Crippen LogP contribution in [0.1, 0.15) is 33.3 Å². The molecule has 1 unspecified atom stereocenters. The fourth-order valence-corrected chi connectivity index (χ4v) is 5.67. The Bertz CT molecular complexity index is 1030. The molecule has 3 heteroatoms. The van der Waals surface area contributed by atoms with Crippen molar-refractivity contribution >= 4 is 34.8 Å². The molecule has 0 spiro atoms. The monoisotopic (exact) mass is 445 g/mol. The predicted octanol–water partition coefficient (Wildman–Crippen LogP) is 8.73. The third kappa shape index (κ3) is 6.32. The topological polar surface area (TPSA) is 3.24 Å². The second-order valence-corrected chi connectivity index (χ2v) is 9.71. The van der Waals surface area contributed by atoms with E-state index in [-0.39, 0.29) is 0 Å². The van der Waals surface area contributed by atoms with Gasteiger partial charge < -0.3 is 4.90 Å². The van der Waals surface area contributed by atoms with Crippen LogP contribution in [0.15, 0.2) is 112 Å². The molecule has 1 heterocycles. The van der Waals surface area contributed by atoms with Crippen LogP contribution in [0.25, 0.3) is 5.57 Å². The van der Waals surface area contributed by atoms with E-state index in [1.807, 2.05) is 23.5 Å². The molecule has 2 aromatic rings. The summed E-state index contributed by atoms with van der Waals surface area (Å²) in [4.78, 5) is 6.38. The molecule has 0 bridgehead atoms. The number of nitrogens with zero attached hydrogens (tertiary/aromatic N) is 1. The lowest BCUT2D eigenvalue weighted by molar-refractivity contribution is 0.878. The van der Waals surface area contributed by atoms with Crippen LogP contribution >= 0.6 is 23.5 Å². The second-order valence-electron chi connectivity index (χ2n) is 7.26. The molecule has 0 saturated heterocycles. The molecule has 160 valence electrons. The van der Waals surface area contributed by atoms with Gasteiger partial charge in [0, 0.05) is 16.3 Å². The van der Waals surface area contributed by atoms with Gasteiger partial charge in [0.15, 0.2) is 0 Å². The Morgan fingerprint density at radius 3 is 2.48 bits per heavy atom. The van der Waals surface area contributed by atoms with E-state index in [0.29, 0.717) is 5.37 Å². The molecule has 31 heavy (non-hydrogen) atoms. The molecular formula is C28H31NS2. The summed E-state index contributed by atoms with van der Waals surface area (Å²) in [6, 6.07) is 17.2. The Kier molecular flexibility index (Phi) is 8.93. The number of thioether (sulfide) groups is 2. The fraction of sp³-hybridized carbons (Fsp3) is 0.214. The smallest absolute Gasteiger partial charge is 0.0985 e. The van der Waals surface area contributed by atoms with Crippen LogP contribution in [0.4, 0.5) is 5.69 Å². The van der Waals surface area contributed by atoms with Crippen LogP contribution < -0.4 is 4.90 Å². The van der Waals surface area contributed by atoms with Crippen molar-refractivity contribution in [3.8, 4) is 0 Å². The first-order valence-corrected chi connectivity index (χ1v) is 12.4. The van der Waals surface area contributed by atoms with Crippen LogP contribution in [-0.4, -0.2) is 11.9 Å². The van der Waals surface area contributed by atoms with Gasteiger partial charge in [0.1, 0.15) is 0 Å². The van der Waals surface area contributed by atoms with Gasteiger partial charge in [0.2, 0.25) is 0 Å². The van der Waals surface area contributed by atoms with Gasteiger partial charge >= 0.3 is 0 Å². The minimum Gasteiger partial charge on any atom is -0.355 e. The highest BCUT2D eigenvalue weighted by atomic mass is 32.2. The lowest BCUT2D eigenvalue weighted by Crippen LogP contribution is -2.27. The Morgan fingerprint density at radius 2 is 1.68 bits per heavy atom. The third-order valence-corrected chi connectivity index (χ3v) is 7.42. The molecule has 0 aromatic heterocycles. The van der Waals surface area contributed by atoms with Crippen molar-refractivity contribution < 1.29 is 0 Å². The van der Waals surface area contributed by atoms with E-state index in [1.165, 1.54) is 31.5 Å². The summed E-state index contributed by atoms with van der Waals surface area (Å²) in [7, 11) is 0. The number of anilines is 1. The van der Waals surface area contributed by atoms with Crippen LogP contribution in [0.2, 0.25) is 0 Å². The fourth-order valence-electron chi connectivity index (χ4n) is 3.41. The second kappa shape index (κ2) is 11.9. The minimum absolute atomic E-state index is 0.371. The molecule has 1 aliphatic rings. The first-order chi connectivity index (χ1) is 15.1. The SMILES string of the molecule is C/C=C(/C)c1ccccc1S\C(C)=C/C=C/C=C/C=C/C1Sc2ccccc2N1CC. The Balaban J connectivity index is 1.54. The maximum absolute atomic E-state index is 2.44. The Hall–Kier alpha value is -2.36. The van der Waals surface area contributed by atoms with Crippen molar-refractivity contribution in [2.75, 3.05) is 11.4 Å². The number of benzene rings is 2. The van der Waals surface area contributed by atoms with E-state index < -0.39 is 0 Å². The predicted molar refractivity (Wildman–Crippen MR) is 142 cm³/mol. The average molecular weight is 446 g/mol. The number of hydrogen-bond acceptors (Lipinski definition) is 3. The zero-order valence-corrected chi connectivity index (χ0v) is 20.4. The van der Waals surface area contributed by atoms with E-state index in [9.17, 15) is 0 Å². The van der Waals surface area contributed by atoms with Gasteiger partial charge in [-0.1, -0.05) is 102 Å². The molecular weight excluding hydrogens is 414 g/mol.